The summed E-state index contributed by atoms with van der Waals surface area (Å²) in [6.07, 6.45) is 0.789. The van der Waals surface area contributed by atoms with E-state index in [1.165, 1.54) is 12.7 Å². The summed E-state index contributed by atoms with van der Waals surface area (Å²) < 4.78 is 10.6. The first-order valence-corrected chi connectivity index (χ1v) is 8.47. The number of nitrogens with two attached hydrogens (primary N) is 1. The second-order valence-corrected chi connectivity index (χ2v) is 5.74. The van der Waals surface area contributed by atoms with Gasteiger partial charge < -0.3 is 20.1 Å². The first-order chi connectivity index (χ1) is 12.5. The van der Waals surface area contributed by atoms with Crippen molar-refractivity contribution in [3.05, 3.63) is 59.7 Å². The molecule has 0 saturated carbocycles. The molecule has 0 atom stereocenters. The quantitative estimate of drug-likeness (QED) is 0.747. The standard InChI is InChI=1S/C20H24N2O4/c1-3-22(12-11-15-7-5-4-6-8-15)20(24)16-9-10-17(18(13-16)25-2)26-14-19(21)23/h4-10,13H,3,11-12,14H2,1-2H3,(H2,21,23). The van der Waals surface area contributed by atoms with Crippen LogP contribution in [-0.4, -0.2) is 43.5 Å². The molecule has 0 aliphatic carbocycles. The molecule has 0 aliphatic heterocycles. The molecule has 0 bridgehead atoms. The SMILES string of the molecule is CCN(CCc1ccccc1)C(=O)c1ccc(OCC(N)=O)c(OC)c1. The largest absolute Gasteiger partial charge is 0.493 e. The number of carbonyl (C=O) groups is 2. The predicted molar refractivity (Wildman–Crippen MR) is 99.4 cm³/mol. The molecule has 0 saturated heterocycles. The zero-order valence-electron chi connectivity index (χ0n) is 15.1. The van der Waals surface area contributed by atoms with Crippen molar-refractivity contribution >= 4 is 11.8 Å². The fourth-order valence-corrected chi connectivity index (χ4v) is 2.56. The van der Waals surface area contributed by atoms with Crippen molar-refractivity contribution in [2.24, 2.45) is 5.73 Å². The van der Waals surface area contributed by atoms with Gasteiger partial charge in [0.05, 0.1) is 7.11 Å². The molecule has 0 aromatic heterocycles. The summed E-state index contributed by atoms with van der Waals surface area (Å²) in [5.74, 6) is 0.0971. The van der Waals surface area contributed by atoms with Gasteiger partial charge >= 0.3 is 0 Å². The van der Waals surface area contributed by atoms with Gasteiger partial charge in [0, 0.05) is 18.7 Å². The molecule has 6 heteroatoms. The fraction of sp³-hybridized carbons (Fsp3) is 0.300. The van der Waals surface area contributed by atoms with Gasteiger partial charge in [-0.3, -0.25) is 9.59 Å². The molecule has 2 N–H and O–H groups in total. The number of benzene rings is 2. The highest BCUT2D eigenvalue weighted by Crippen LogP contribution is 2.28. The van der Waals surface area contributed by atoms with E-state index in [4.69, 9.17) is 15.2 Å². The summed E-state index contributed by atoms with van der Waals surface area (Å²) in [6, 6.07) is 14.9. The number of ether oxygens (including phenoxy) is 2. The maximum atomic E-state index is 12.8. The van der Waals surface area contributed by atoms with Gasteiger partial charge in [0.1, 0.15) is 0 Å². The third kappa shape index (κ3) is 5.24. The molecule has 2 aromatic carbocycles. The molecule has 138 valence electrons. The maximum absolute atomic E-state index is 12.8. The van der Waals surface area contributed by atoms with Crippen molar-refractivity contribution in [2.75, 3.05) is 26.8 Å². The Morgan fingerprint density at radius 2 is 1.81 bits per heavy atom. The molecule has 2 amide bonds. The van der Waals surface area contributed by atoms with Crippen LogP contribution in [0.15, 0.2) is 48.5 Å². The molecular formula is C20H24N2O4. The van der Waals surface area contributed by atoms with Gasteiger partial charge in [-0.05, 0) is 37.1 Å². The van der Waals surface area contributed by atoms with Crippen LogP contribution in [-0.2, 0) is 11.2 Å². The zero-order chi connectivity index (χ0) is 18.9. The lowest BCUT2D eigenvalue weighted by molar-refractivity contribution is -0.119. The number of hydrogen-bond donors (Lipinski definition) is 1. The van der Waals surface area contributed by atoms with Gasteiger partial charge in [-0.15, -0.1) is 0 Å². The molecule has 0 radical (unpaired) electrons. The van der Waals surface area contributed by atoms with Crippen molar-refractivity contribution in [1.29, 1.82) is 0 Å². The monoisotopic (exact) mass is 356 g/mol. The van der Waals surface area contributed by atoms with Gasteiger partial charge in [0.2, 0.25) is 0 Å². The van der Waals surface area contributed by atoms with Crippen LogP contribution in [0.25, 0.3) is 0 Å². The van der Waals surface area contributed by atoms with Gasteiger partial charge in [0.25, 0.3) is 11.8 Å². The molecule has 0 unspecified atom stereocenters. The number of carbonyl (C=O) groups excluding carboxylic acids is 2. The third-order valence-corrected chi connectivity index (χ3v) is 3.96. The summed E-state index contributed by atoms with van der Waals surface area (Å²) in [5.41, 5.74) is 6.77. The normalized spacial score (nSPS) is 10.2. The first kappa shape index (κ1) is 19.3. The first-order valence-electron chi connectivity index (χ1n) is 8.47. The molecule has 0 aliphatic rings. The number of rotatable bonds is 9. The van der Waals surface area contributed by atoms with Crippen LogP contribution in [0, 0.1) is 0 Å². The van der Waals surface area contributed by atoms with Crippen molar-refractivity contribution in [3.8, 4) is 11.5 Å². The number of amides is 2. The summed E-state index contributed by atoms with van der Waals surface area (Å²) in [7, 11) is 1.48. The van der Waals surface area contributed by atoms with Gasteiger partial charge in [-0.2, -0.15) is 0 Å². The average molecular weight is 356 g/mol. The number of nitrogens with zero attached hydrogens (tertiary/aromatic N) is 1. The minimum Gasteiger partial charge on any atom is -0.493 e. The molecule has 2 aromatic rings. The molecule has 0 spiro atoms. The maximum Gasteiger partial charge on any atom is 0.255 e. The van der Waals surface area contributed by atoms with E-state index < -0.39 is 5.91 Å². The zero-order valence-corrected chi connectivity index (χ0v) is 15.1. The van der Waals surface area contributed by atoms with Crippen molar-refractivity contribution in [2.45, 2.75) is 13.3 Å². The van der Waals surface area contributed by atoms with Crippen molar-refractivity contribution in [3.63, 3.8) is 0 Å². The Balaban J connectivity index is 2.09. The lowest BCUT2D eigenvalue weighted by atomic mass is 10.1. The van der Waals surface area contributed by atoms with Crippen LogP contribution >= 0.6 is 0 Å². The van der Waals surface area contributed by atoms with Gasteiger partial charge in [0.15, 0.2) is 18.1 Å². The number of likely N-dealkylation sites (N-methyl/N-ethyl adjacent to an activating group) is 1. The lowest BCUT2D eigenvalue weighted by Crippen LogP contribution is -2.32. The molecule has 0 fully saturated rings. The van der Waals surface area contributed by atoms with E-state index in [9.17, 15) is 9.59 Å². The third-order valence-electron chi connectivity index (χ3n) is 3.96. The number of hydrogen-bond acceptors (Lipinski definition) is 4. The van der Waals surface area contributed by atoms with Crippen LogP contribution in [0.4, 0.5) is 0 Å². The summed E-state index contributed by atoms with van der Waals surface area (Å²) in [6.45, 7) is 2.93. The van der Waals surface area contributed by atoms with Crippen LogP contribution in [0.5, 0.6) is 11.5 Å². The fourth-order valence-electron chi connectivity index (χ4n) is 2.56. The summed E-state index contributed by atoms with van der Waals surface area (Å²) in [4.78, 5) is 25.4. The van der Waals surface area contributed by atoms with E-state index in [0.29, 0.717) is 30.2 Å². The Morgan fingerprint density at radius 1 is 1.08 bits per heavy atom. The Bertz CT molecular complexity index is 747. The van der Waals surface area contributed by atoms with Crippen molar-refractivity contribution < 1.29 is 19.1 Å². The van der Waals surface area contributed by atoms with Crippen LogP contribution in [0.3, 0.4) is 0 Å². The summed E-state index contributed by atoms with van der Waals surface area (Å²) >= 11 is 0. The van der Waals surface area contributed by atoms with Crippen LogP contribution in [0.1, 0.15) is 22.8 Å². The molecule has 2 rings (SSSR count). The average Bonchev–Trinajstić information content (AvgIpc) is 2.67. The number of methoxy groups -OCH3 is 1. The van der Waals surface area contributed by atoms with E-state index in [1.807, 2.05) is 37.3 Å². The molecular weight excluding hydrogens is 332 g/mol. The lowest BCUT2D eigenvalue weighted by Gasteiger charge is -2.21. The van der Waals surface area contributed by atoms with Gasteiger partial charge in [-0.1, -0.05) is 30.3 Å². The van der Waals surface area contributed by atoms with E-state index in [-0.39, 0.29) is 12.5 Å². The Hall–Kier alpha value is -3.02. The molecule has 0 heterocycles. The highest BCUT2D eigenvalue weighted by molar-refractivity contribution is 5.95. The van der Waals surface area contributed by atoms with Crippen LogP contribution < -0.4 is 15.2 Å². The highest BCUT2D eigenvalue weighted by Gasteiger charge is 2.17. The Morgan fingerprint density at radius 3 is 2.42 bits per heavy atom. The topological polar surface area (TPSA) is 81.9 Å². The molecule has 6 nitrogen and oxygen atoms in total. The van der Waals surface area contributed by atoms with E-state index >= 15 is 0 Å². The van der Waals surface area contributed by atoms with Crippen molar-refractivity contribution in [1.82, 2.24) is 4.90 Å². The second-order valence-electron chi connectivity index (χ2n) is 5.74. The van der Waals surface area contributed by atoms with E-state index in [0.717, 1.165) is 6.42 Å². The predicted octanol–water partition coefficient (Wildman–Crippen LogP) is 2.26. The van der Waals surface area contributed by atoms with E-state index in [2.05, 4.69) is 0 Å². The minimum absolute atomic E-state index is 0.0804. The second kappa shape index (κ2) is 9.46. The number of primary amides is 1. The smallest absolute Gasteiger partial charge is 0.255 e. The van der Waals surface area contributed by atoms with Crippen LogP contribution in [0.2, 0.25) is 0 Å². The molecule has 26 heavy (non-hydrogen) atoms. The van der Waals surface area contributed by atoms with E-state index in [1.54, 1.807) is 23.1 Å². The minimum atomic E-state index is -0.578. The highest BCUT2D eigenvalue weighted by atomic mass is 16.5. The summed E-state index contributed by atoms with van der Waals surface area (Å²) in [5, 5.41) is 0. The Kier molecular flexibility index (Phi) is 7.02. The van der Waals surface area contributed by atoms with Gasteiger partial charge in [-0.25, -0.2) is 0 Å². The Labute approximate surface area is 153 Å².